The van der Waals surface area contributed by atoms with Crippen molar-refractivity contribution in [2.45, 2.75) is 6.54 Å². The van der Waals surface area contributed by atoms with Crippen molar-refractivity contribution in [2.24, 2.45) is 0 Å². The Morgan fingerprint density at radius 3 is 2.68 bits per heavy atom. The van der Waals surface area contributed by atoms with Gasteiger partial charge in [0.2, 0.25) is 0 Å². The summed E-state index contributed by atoms with van der Waals surface area (Å²) in [7, 11) is 0. The number of aromatic nitrogens is 2. The van der Waals surface area contributed by atoms with Crippen LogP contribution in [0.3, 0.4) is 0 Å². The Balaban J connectivity index is 1.62. The van der Waals surface area contributed by atoms with Crippen molar-refractivity contribution in [3.05, 3.63) is 56.6 Å². The standard InChI is InChI=1S/C15H16Cl2N4O/c16-12-3-1-2-11(15(12)17)9-20-4-6-21(7-5-20)13-8-14(22)19-10-18-13/h1-3,8,10H,4-7,9H2,(H,18,19,22). The summed E-state index contributed by atoms with van der Waals surface area (Å²) in [5.41, 5.74) is 0.912. The van der Waals surface area contributed by atoms with Crippen molar-refractivity contribution >= 4 is 29.0 Å². The molecule has 0 radical (unpaired) electrons. The van der Waals surface area contributed by atoms with Gasteiger partial charge in [-0.15, -0.1) is 0 Å². The second-order valence-corrected chi connectivity index (χ2v) is 6.03. The van der Waals surface area contributed by atoms with Gasteiger partial charge in [-0.1, -0.05) is 35.3 Å². The van der Waals surface area contributed by atoms with Crippen molar-refractivity contribution in [2.75, 3.05) is 31.1 Å². The quantitative estimate of drug-likeness (QED) is 0.933. The number of rotatable bonds is 3. The van der Waals surface area contributed by atoms with Gasteiger partial charge in [-0.25, -0.2) is 4.98 Å². The third-order valence-corrected chi connectivity index (χ3v) is 4.64. The van der Waals surface area contributed by atoms with Gasteiger partial charge in [-0.3, -0.25) is 9.69 Å². The number of benzene rings is 1. The SMILES string of the molecule is O=c1cc(N2CCN(Cc3cccc(Cl)c3Cl)CC2)nc[nH]1. The molecule has 1 saturated heterocycles. The summed E-state index contributed by atoms with van der Waals surface area (Å²) in [6.07, 6.45) is 1.44. The van der Waals surface area contributed by atoms with E-state index in [1.807, 2.05) is 12.1 Å². The van der Waals surface area contributed by atoms with Gasteiger partial charge < -0.3 is 9.88 Å². The number of hydrogen-bond acceptors (Lipinski definition) is 4. The fourth-order valence-electron chi connectivity index (χ4n) is 2.58. The van der Waals surface area contributed by atoms with E-state index in [9.17, 15) is 4.79 Å². The second kappa shape index (κ2) is 6.69. The van der Waals surface area contributed by atoms with Crippen LogP contribution in [-0.4, -0.2) is 41.0 Å². The number of hydrogen-bond donors (Lipinski definition) is 1. The number of anilines is 1. The number of nitrogens with zero attached hydrogens (tertiary/aromatic N) is 3. The van der Waals surface area contributed by atoms with Crippen molar-refractivity contribution in [3.63, 3.8) is 0 Å². The highest BCUT2D eigenvalue weighted by atomic mass is 35.5. The van der Waals surface area contributed by atoms with Crippen LogP contribution in [0.5, 0.6) is 0 Å². The first-order chi connectivity index (χ1) is 10.6. The zero-order valence-corrected chi connectivity index (χ0v) is 13.4. The molecule has 0 saturated carbocycles. The van der Waals surface area contributed by atoms with Crippen LogP contribution in [0.25, 0.3) is 0 Å². The Morgan fingerprint density at radius 1 is 1.18 bits per heavy atom. The molecular weight excluding hydrogens is 323 g/mol. The molecule has 1 aromatic carbocycles. The molecule has 1 fully saturated rings. The Hall–Kier alpha value is -1.56. The molecule has 5 nitrogen and oxygen atoms in total. The lowest BCUT2D eigenvalue weighted by Crippen LogP contribution is -2.46. The Morgan fingerprint density at radius 2 is 1.95 bits per heavy atom. The predicted molar refractivity (Wildman–Crippen MR) is 88.8 cm³/mol. The summed E-state index contributed by atoms with van der Waals surface area (Å²) in [5.74, 6) is 0.726. The molecule has 3 rings (SSSR count). The molecule has 1 aliphatic rings. The maximum Gasteiger partial charge on any atom is 0.252 e. The van der Waals surface area contributed by atoms with Gasteiger partial charge in [0.05, 0.1) is 16.4 Å². The van der Waals surface area contributed by atoms with Gasteiger partial charge in [0.25, 0.3) is 5.56 Å². The summed E-state index contributed by atoms with van der Waals surface area (Å²) in [6, 6.07) is 7.24. The molecule has 22 heavy (non-hydrogen) atoms. The Bertz CT molecular complexity index is 711. The molecular formula is C15H16Cl2N4O. The minimum atomic E-state index is -0.127. The van der Waals surface area contributed by atoms with Crippen molar-refractivity contribution in [1.29, 1.82) is 0 Å². The first-order valence-corrected chi connectivity index (χ1v) is 7.84. The molecule has 7 heteroatoms. The van der Waals surface area contributed by atoms with Gasteiger partial charge in [-0.2, -0.15) is 0 Å². The number of nitrogens with one attached hydrogen (secondary N) is 1. The van der Waals surface area contributed by atoms with E-state index in [2.05, 4.69) is 19.8 Å². The number of piperazine rings is 1. The molecule has 0 atom stereocenters. The highest BCUT2D eigenvalue weighted by Gasteiger charge is 2.19. The lowest BCUT2D eigenvalue weighted by molar-refractivity contribution is 0.249. The van der Waals surface area contributed by atoms with Crippen LogP contribution in [0.15, 0.2) is 35.4 Å². The van der Waals surface area contributed by atoms with Gasteiger partial charge in [-0.05, 0) is 11.6 Å². The molecule has 2 heterocycles. The van der Waals surface area contributed by atoms with Crippen LogP contribution < -0.4 is 10.5 Å². The van der Waals surface area contributed by atoms with E-state index in [1.54, 1.807) is 6.07 Å². The summed E-state index contributed by atoms with van der Waals surface area (Å²) < 4.78 is 0. The fraction of sp³-hybridized carbons (Fsp3) is 0.333. The summed E-state index contributed by atoms with van der Waals surface area (Å²) in [4.78, 5) is 22.5. The van der Waals surface area contributed by atoms with E-state index in [0.717, 1.165) is 44.1 Å². The van der Waals surface area contributed by atoms with Crippen LogP contribution >= 0.6 is 23.2 Å². The van der Waals surface area contributed by atoms with E-state index in [-0.39, 0.29) is 5.56 Å². The van der Waals surface area contributed by atoms with Crippen LogP contribution in [0.2, 0.25) is 10.0 Å². The van der Waals surface area contributed by atoms with Gasteiger partial charge in [0, 0.05) is 38.8 Å². The molecule has 0 unspecified atom stereocenters. The lowest BCUT2D eigenvalue weighted by Gasteiger charge is -2.35. The van der Waals surface area contributed by atoms with Crippen molar-refractivity contribution in [3.8, 4) is 0 Å². The topological polar surface area (TPSA) is 52.2 Å². The summed E-state index contributed by atoms with van der Waals surface area (Å²) >= 11 is 12.3. The highest BCUT2D eigenvalue weighted by molar-refractivity contribution is 6.42. The van der Waals surface area contributed by atoms with Crippen LogP contribution in [-0.2, 0) is 6.54 Å². The van der Waals surface area contributed by atoms with E-state index < -0.39 is 0 Å². The monoisotopic (exact) mass is 338 g/mol. The number of halogens is 2. The van der Waals surface area contributed by atoms with Crippen molar-refractivity contribution in [1.82, 2.24) is 14.9 Å². The van der Waals surface area contributed by atoms with Gasteiger partial charge in [0.15, 0.2) is 0 Å². The lowest BCUT2D eigenvalue weighted by atomic mass is 10.2. The largest absolute Gasteiger partial charge is 0.354 e. The molecule has 2 aromatic rings. The molecule has 1 aromatic heterocycles. The number of H-pyrrole nitrogens is 1. The molecule has 0 bridgehead atoms. The van der Waals surface area contributed by atoms with E-state index in [0.29, 0.717) is 10.0 Å². The average molecular weight is 339 g/mol. The van der Waals surface area contributed by atoms with Crippen molar-refractivity contribution < 1.29 is 0 Å². The maximum atomic E-state index is 11.3. The minimum Gasteiger partial charge on any atom is -0.354 e. The minimum absolute atomic E-state index is 0.127. The Kier molecular flexibility index (Phi) is 4.66. The van der Waals surface area contributed by atoms with Crippen LogP contribution in [0, 0.1) is 0 Å². The normalized spacial score (nSPS) is 16.0. The Labute approximate surface area is 138 Å². The smallest absolute Gasteiger partial charge is 0.252 e. The average Bonchev–Trinajstić information content (AvgIpc) is 2.53. The van der Waals surface area contributed by atoms with Crippen LogP contribution in [0.1, 0.15) is 5.56 Å². The zero-order valence-electron chi connectivity index (χ0n) is 11.9. The third-order valence-electron chi connectivity index (χ3n) is 3.79. The van der Waals surface area contributed by atoms with Crippen LogP contribution in [0.4, 0.5) is 5.82 Å². The van der Waals surface area contributed by atoms with E-state index in [1.165, 1.54) is 12.4 Å². The zero-order chi connectivity index (χ0) is 15.5. The third kappa shape index (κ3) is 3.43. The number of aromatic amines is 1. The fourth-order valence-corrected chi connectivity index (χ4v) is 2.96. The second-order valence-electron chi connectivity index (χ2n) is 5.25. The highest BCUT2D eigenvalue weighted by Crippen LogP contribution is 2.26. The van der Waals surface area contributed by atoms with Gasteiger partial charge >= 0.3 is 0 Å². The molecule has 1 aliphatic heterocycles. The summed E-state index contributed by atoms with van der Waals surface area (Å²) in [5, 5.41) is 1.22. The molecule has 0 spiro atoms. The molecule has 116 valence electrons. The first kappa shape index (κ1) is 15.3. The summed E-state index contributed by atoms with van der Waals surface area (Å²) in [6.45, 7) is 4.20. The van der Waals surface area contributed by atoms with E-state index >= 15 is 0 Å². The molecule has 1 N–H and O–H groups in total. The molecule has 0 aliphatic carbocycles. The van der Waals surface area contributed by atoms with E-state index in [4.69, 9.17) is 23.2 Å². The molecule has 0 amide bonds. The maximum absolute atomic E-state index is 11.3. The predicted octanol–water partition coefficient (Wildman–Crippen LogP) is 2.40. The first-order valence-electron chi connectivity index (χ1n) is 7.08. The van der Waals surface area contributed by atoms with Gasteiger partial charge in [0.1, 0.15) is 5.82 Å².